The van der Waals surface area contributed by atoms with Gasteiger partial charge in [-0.25, -0.2) is 4.98 Å². The summed E-state index contributed by atoms with van der Waals surface area (Å²) in [6.45, 7) is 1.69. The third kappa shape index (κ3) is 2.05. The first-order chi connectivity index (χ1) is 8.09. The molecule has 0 aliphatic heterocycles. The molecule has 0 unspecified atom stereocenters. The maximum atomic E-state index is 11.2. The predicted molar refractivity (Wildman–Crippen MR) is 62.2 cm³/mol. The number of anilines is 1. The van der Waals surface area contributed by atoms with E-state index >= 15 is 0 Å². The highest BCUT2D eigenvalue weighted by atomic mass is 16.5. The Hall–Kier alpha value is -2.50. The number of nitrogens with two attached hydrogens (primary N) is 1. The first-order valence-corrected chi connectivity index (χ1v) is 4.89. The maximum Gasteiger partial charge on any atom is 0.277 e. The van der Waals surface area contributed by atoms with Gasteiger partial charge in [-0.1, -0.05) is 6.07 Å². The number of ether oxygens (including phenoxy) is 1. The number of hydrogen-bond acceptors (Lipinski definition) is 5. The lowest BCUT2D eigenvalue weighted by atomic mass is 10.2. The summed E-state index contributed by atoms with van der Waals surface area (Å²) in [5.74, 6) is 0.517. The normalized spacial score (nSPS) is 10.2. The molecule has 0 fully saturated rings. The Morgan fingerprint density at radius 2 is 2.24 bits per heavy atom. The van der Waals surface area contributed by atoms with Crippen molar-refractivity contribution in [1.29, 1.82) is 0 Å². The molecule has 0 saturated carbocycles. The fraction of sp³-hybridized carbons (Fsp3) is 0.0909. The van der Waals surface area contributed by atoms with Gasteiger partial charge >= 0.3 is 0 Å². The molecule has 88 valence electrons. The SMILES string of the molecule is Cc1c(O)cccc1Oc1nc[nH]c(=O)c1N. The van der Waals surface area contributed by atoms with E-state index in [1.54, 1.807) is 19.1 Å². The number of aromatic hydroxyl groups is 1. The lowest BCUT2D eigenvalue weighted by molar-refractivity contribution is 0.439. The number of H-pyrrole nitrogens is 1. The van der Waals surface area contributed by atoms with Gasteiger partial charge in [0, 0.05) is 5.56 Å². The monoisotopic (exact) mass is 233 g/mol. The fourth-order valence-electron chi connectivity index (χ4n) is 1.29. The number of aromatic amines is 1. The summed E-state index contributed by atoms with van der Waals surface area (Å²) >= 11 is 0. The van der Waals surface area contributed by atoms with Gasteiger partial charge < -0.3 is 20.6 Å². The number of phenols is 1. The molecule has 0 spiro atoms. The molecule has 4 N–H and O–H groups in total. The highest BCUT2D eigenvalue weighted by Crippen LogP contribution is 2.30. The van der Waals surface area contributed by atoms with Crippen LogP contribution in [0.15, 0.2) is 29.3 Å². The van der Waals surface area contributed by atoms with Crippen LogP contribution in [0.25, 0.3) is 0 Å². The van der Waals surface area contributed by atoms with E-state index in [0.29, 0.717) is 11.3 Å². The average Bonchev–Trinajstić information content (AvgIpc) is 2.31. The molecular formula is C11H11N3O3. The number of nitrogens with one attached hydrogen (secondary N) is 1. The van der Waals surface area contributed by atoms with Gasteiger partial charge in [0.1, 0.15) is 11.5 Å². The summed E-state index contributed by atoms with van der Waals surface area (Å²) in [5, 5.41) is 9.50. The van der Waals surface area contributed by atoms with Crippen molar-refractivity contribution >= 4 is 5.69 Å². The van der Waals surface area contributed by atoms with Crippen molar-refractivity contribution in [3.8, 4) is 17.4 Å². The van der Waals surface area contributed by atoms with Gasteiger partial charge in [0.05, 0.1) is 6.33 Å². The van der Waals surface area contributed by atoms with Gasteiger partial charge in [-0.05, 0) is 19.1 Å². The summed E-state index contributed by atoms with van der Waals surface area (Å²) in [4.78, 5) is 17.4. The minimum atomic E-state index is -0.465. The fourth-order valence-corrected chi connectivity index (χ4v) is 1.29. The van der Waals surface area contributed by atoms with Gasteiger partial charge in [0.25, 0.3) is 5.56 Å². The van der Waals surface area contributed by atoms with Gasteiger partial charge in [0.15, 0.2) is 5.69 Å². The minimum absolute atomic E-state index is 0.0162. The van der Waals surface area contributed by atoms with Crippen LogP contribution in [0, 0.1) is 6.92 Å². The van der Waals surface area contributed by atoms with E-state index in [2.05, 4.69) is 9.97 Å². The van der Waals surface area contributed by atoms with Crippen molar-refractivity contribution in [2.75, 3.05) is 5.73 Å². The molecule has 1 heterocycles. The van der Waals surface area contributed by atoms with E-state index in [0.717, 1.165) is 0 Å². The molecule has 6 heteroatoms. The van der Waals surface area contributed by atoms with E-state index in [1.165, 1.54) is 12.4 Å². The molecule has 0 aliphatic rings. The minimum Gasteiger partial charge on any atom is -0.508 e. The van der Waals surface area contributed by atoms with Crippen molar-refractivity contribution in [3.05, 3.63) is 40.4 Å². The summed E-state index contributed by atoms with van der Waals surface area (Å²) in [6.07, 6.45) is 1.20. The van der Waals surface area contributed by atoms with Crippen molar-refractivity contribution in [3.63, 3.8) is 0 Å². The largest absolute Gasteiger partial charge is 0.508 e. The van der Waals surface area contributed by atoms with E-state index in [-0.39, 0.29) is 17.3 Å². The summed E-state index contributed by atoms with van der Waals surface area (Å²) in [5.41, 5.74) is 5.51. The molecule has 0 atom stereocenters. The maximum absolute atomic E-state index is 11.2. The summed E-state index contributed by atoms with van der Waals surface area (Å²) in [7, 11) is 0. The van der Waals surface area contributed by atoms with Gasteiger partial charge in [-0.15, -0.1) is 0 Å². The Morgan fingerprint density at radius 3 is 3.00 bits per heavy atom. The lowest BCUT2D eigenvalue weighted by Gasteiger charge is -2.09. The van der Waals surface area contributed by atoms with Gasteiger partial charge in [-0.3, -0.25) is 4.79 Å². The van der Waals surface area contributed by atoms with E-state index in [9.17, 15) is 9.90 Å². The van der Waals surface area contributed by atoms with Crippen LogP contribution in [0.4, 0.5) is 5.69 Å². The standard InChI is InChI=1S/C11H11N3O3/c1-6-7(15)3-2-4-8(6)17-11-9(12)10(16)13-5-14-11/h2-5,15H,12H2,1H3,(H,13,14,16). The third-order valence-electron chi connectivity index (χ3n) is 2.31. The van der Waals surface area contributed by atoms with Gasteiger partial charge in [0.2, 0.25) is 5.88 Å². The Morgan fingerprint density at radius 1 is 1.47 bits per heavy atom. The topological polar surface area (TPSA) is 101 Å². The average molecular weight is 233 g/mol. The van der Waals surface area contributed by atoms with Gasteiger partial charge in [-0.2, -0.15) is 0 Å². The zero-order valence-electron chi connectivity index (χ0n) is 9.10. The highest BCUT2D eigenvalue weighted by molar-refractivity contribution is 5.50. The first-order valence-electron chi connectivity index (χ1n) is 4.89. The Kier molecular flexibility index (Phi) is 2.70. The number of phenolic OH excluding ortho intramolecular Hbond substituents is 1. The van der Waals surface area contributed by atoms with Crippen LogP contribution in [0.5, 0.6) is 17.4 Å². The Balaban J connectivity index is 2.42. The molecule has 2 rings (SSSR count). The Labute approximate surface area is 96.7 Å². The van der Waals surface area contributed by atoms with Crippen LogP contribution < -0.4 is 16.0 Å². The number of hydrogen-bond donors (Lipinski definition) is 3. The second-order valence-electron chi connectivity index (χ2n) is 3.45. The van der Waals surface area contributed by atoms with Crippen LogP contribution >= 0.6 is 0 Å². The van der Waals surface area contributed by atoms with Crippen LogP contribution in [0.2, 0.25) is 0 Å². The number of nitrogen functional groups attached to an aromatic ring is 1. The van der Waals surface area contributed by atoms with E-state index in [4.69, 9.17) is 10.5 Å². The molecule has 0 radical (unpaired) electrons. The molecule has 0 aliphatic carbocycles. The predicted octanol–water partition coefficient (Wildman–Crippen LogP) is 1.16. The molecule has 2 aromatic rings. The van der Waals surface area contributed by atoms with Crippen LogP contribution in [-0.4, -0.2) is 15.1 Å². The Bertz CT molecular complexity index is 607. The second kappa shape index (κ2) is 4.17. The number of nitrogens with zero attached hydrogens (tertiary/aromatic N) is 1. The van der Waals surface area contributed by atoms with Crippen LogP contribution in [-0.2, 0) is 0 Å². The number of rotatable bonds is 2. The van der Waals surface area contributed by atoms with Crippen LogP contribution in [0.3, 0.4) is 0 Å². The van der Waals surface area contributed by atoms with Crippen LogP contribution in [0.1, 0.15) is 5.56 Å². The van der Waals surface area contributed by atoms with E-state index < -0.39 is 5.56 Å². The summed E-state index contributed by atoms with van der Waals surface area (Å²) in [6, 6.07) is 4.81. The van der Waals surface area contributed by atoms with Crippen molar-refractivity contribution in [2.24, 2.45) is 0 Å². The zero-order chi connectivity index (χ0) is 12.4. The molecule has 1 aromatic heterocycles. The summed E-state index contributed by atoms with van der Waals surface area (Å²) < 4.78 is 5.39. The van der Waals surface area contributed by atoms with E-state index in [1.807, 2.05) is 0 Å². The third-order valence-corrected chi connectivity index (χ3v) is 2.31. The number of benzene rings is 1. The smallest absolute Gasteiger partial charge is 0.277 e. The number of aromatic nitrogens is 2. The van der Waals surface area contributed by atoms with Crippen molar-refractivity contribution in [2.45, 2.75) is 6.92 Å². The molecule has 0 amide bonds. The molecule has 17 heavy (non-hydrogen) atoms. The molecule has 6 nitrogen and oxygen atoms in total. The highest BCUT2D eigenvalue weighted by Gasteiger charge is 2.10. The lowest BCUT2D eigenvalue weighted by Crippen LogP contribution is -2.13. The zero-order valence-corrected chi connectivity index (χ0v) is 9.10. The second-order valence-corrected chi connectivity index (χ2v) is 3.45. The molecule has 1 aromatic carbocycles. The quantitative estimate of drug-likeness (QED) is 0.722. The molecule has 0 bridgehead atoms. The molecular weight excluding hydrogens is 222 g/mol. The van der Waals surface area contributed by atoms with Crippen molar-refractivity contribution < 1.29 is 9.84 Å². The molecule has 0 saturated heterocycles. The first kappa shape index (κ1) is 11.0. The van der Waals surface area contributed by atoms with Crippen molar-refractivity contribution in [1.82, 2.24) is 9.97 Å².